The maximum Gasteiger partial charge on any atom is 0.298 e. The van der Waals surface area contributed by atoms with Crippen LogP contribution >= 0.6 is 11.8 Å². The van der Waals surface area contributed by atoms with Gasteiger partial charge in [-0.15, -0.1) is 11.8 Å². The first-order valence-electron chi connectivity index (χ1n) is 6.64. The summed E-state index contributed by atoms with van der Waals surface area (Å²) in [6, 6.07) is 12.5. The molecule has 1 aromatic heterocycles. The van der Waals surface area contributed by atoms with Crippen molar-refractivity contribution in [1.29, 1.82) is 0 Å². The van der Waals surface area contributed by atoms with E-state index in [-0.39, 0.29) is 16.4 Å². The fourth-order valence-electron chi connectivity index (χ4n) is 2.10. The molecule has 3 rings (SSSR count). The van der Waals surface area contributed by atoms with Crippen molar-refractivity contribution >= 4 is 21.9 Å². The molecule has 0 bridgehead atoms. The summed E-state index contributed by atoms with van der Waals surface area (Å²) < 4.78 is 31.9. The van der Waals surface area contributed by atoms with Gasteiger partial charge in [-0.1, -0.05) is 23.8 Å². The van der Waals surface area contributed by atoms with Crippen molar-refractivity contribution in [3.05, 3.63) is 60.4 Å². The first kappa shape index (κ1) is 14.6. The number of aryl methyl sites for hydroxylation is 1. The van der Waals surface area contributed by atoms with Gasteiger partial charge in [0.2, 0.25) is 6.04 Å². The molecule has 0 amide bonds. The van der Waals surface area contributed by atoms with E-state index >= 15 is 0 Å². The van der Waals surface area contributed by atoms with E-state index in [0.29, 0.717) is 0 Å². The van der Waals surface area contributed by atoms with Gasteiger partial charge in [-0.3, -0.25) is 0 Å². The lowest BCUT2D eigenvalue weighted by molar-refractivity contribution is -0.724. The molecule has 0 radical (unpaired) electrons. The summed E-state index contributed by atoms with van der Waals surface area (Å²) in [7, 11) is -3.71. The minimum Gasteiger partial charge on any atom is -0.245 e. The highest BCUT2D eigenvalue weighted by molar-refractivity contribution is 8.01. The van der Waals surface area contributed by atoms with Gasteiger partial charge in [-0.2, -0.15) is 13.0 Å². The van der Waals surface area contributed by atoms with Crippen molar-refractivity contribution in [2.24, 2.45) is 0 Å². The Bertz CT molecular complexity index is 714. The predicted octanol–water partition coefficient (Wildman–Crippen LogP) is 2.30. The van der Waals surface area contributed by atoms with E-state index in [1.807, 2.05) is 42.1 Å². The molecule has 2 atom stereocenters. The molecule has 2 unspecified atom stereocenters. The number of hydrogen-bond acceptors (Lipinski definition) is 4. The van der Waals surface area contributed by atoms with Gasteiger partial charge >= 0.3 is 0 Å². The Morgan fingerprint density at radius 3 is 2.38 bits per heavy atom. The van der Waals surface area contributed by atoms with E-state index < -0.39 is 10.1 Å². The molecule has 2 aromatic rings. The molecule has 1 aliphatic rings. The van der Waals surface area contributed by atoms with Crippen molar-refractivity contribution in [1.82, 2.24) is 0 Å². The molecular formula is C15H16NO3S2+. The molecule has 0 saturated carbocycles. The number of rotatable bonds is 4. The van der Waals surface area contributed by atoms with Crippen LogP contribution in [-0.4, -0.2) is 19.6 Å². The molecule has 4 nitrogen and oxygen atoms in total. The average Bonchev–Trinajstić information content (AvgIpc) is 2.45. The van der Waals surface area contributed by atoms with Crippen LogP contribution in [0, 0.1) is 6.92 Å². The zero-order chi connectivity index (χ0) is 14.9. The third-order valence-electron chi connectivity index (χ3n) is 3.40. The maximum atomic E-state index is 12.3. The fourth-order valence-corrected chi connectivity index (χ4v) is 4.42. The third kappa shape index (κ3) is 3.12. The van der Waals surface area contributed by atoms with Gasteiger partial charge in [-0.25, -0.2) is 4.18 Å². The number of pyridine rings is 1. The summed E-state index contributed by atoms with van der Waals surface area (Å²) in [5.74, 6) is 0.850. The summed E-state index contributed by atoms with van der Waals surface area (Å²) in [4.78, 5) is 0.206. The Morgan fingerprint density at radius 1 is 1.14 bits per heavy atom. The molecular weight excluding hydrogens is 306 g/mol. The SMILES string of the molecule is Cc1ccc(S(=O)(=O)OC2SCC2[n+]2ccccc2)cc1. The molecule has 0 spiro atoms. The quantitative estimate of drug-likeness (QED) is 0.640. The molecule has 0 N–H and O–H groups in total. The van der Waals surface area contributed by atoms with Gasteiger partial charge in [0.1, 0.15) is 0 Å². The molecule has 1 fully saturated rings. The second-order valence-electron chi connectivity index (χ2n) is 4.96. The van der Waals surface area contributed by atoms with Crippen LogP contribution in [0.5, 0.6) is 0 Å². The highest BCUT2D eigenvalue weighted by Gasteiger charge is 2.43. The second-order valence-corrected chi connectivity index (χ2v) is 7.66. The summed E-state index contributed by atoms with van der Waals surface area (Å²) in [6.07, 6.45) is 3.86. The van der Waals surface area contributed by atoms with Crippen LogP contribution in [0.15, 0.2) is 59.8 Å². The standard InChI is InChI=1S/C15H16NO3S2/c1-12-5-7-13(8-6-12)21(17,18)19-15-14(11-20-15)16-9-3-2-4-10-16/h2-10,14-15H,11H2,1H3/q+1. The average molecular weight is 322 g/mol. The lowest BCUT2D eigenvalue weighted by atomic mass is 10.2. The number of hydrogen-bond donors (Lipinski definition) is 0. The predicted molar refractivity (Wildman–Crippen MR) is 81.4 cm³/mol. The molecule has 1 aliphatic heterocycles. The van der Waals surface area contributed by atoms with Crippen LogP contribution < -0.4 is 4.57 Å². The van der Waals surface area contributed by atoms with Crippen molar-refractivity contribution in [2.75, 3.05) is 5.75 Å². The van der Waals surface area contributed by atoms with Crippen LogP contribution in [0.1, 0.15) is 11.6 Å². The van der Waals surface area contributed by atoms with Crippen LogP contribution in [0.25, 0.3) is 0 Å². The number of benzene rings is 1. The molecule has 2 heterocycles. The fraction of sp³-hybridized carbons (Fsp3) is 0.267. The largest absolute Gasteiger partial charge is 0.298 e. The van der Waals surface area contributed by atoms with E-state index in [0.717, 1.165) is 11.3 Å². The second kappa shape index (κ2) is 5.79. The molecule has 1 aromatic carbocycles. The van der Waals surface area contributed by atoms with Gasteiger partial charge in [0.25, 0.3) is 10.1 Å². The molecule has 110 valence electrons. The summed E-state index contributed by atoms with van der Waals surface area (Å²) in [6.45, 7) is 1.92. The molecule has 6 heteroatoms. The minimum absolute atomic E-state index is 0.0522. The Kier molecular flexibility index (Phi) is 4.01. The van der Waals surface area contributed by atoms with E-state index in [1.54, 1.807) is 24.3 Å². The molecule has 21 heavy (non-hydrogen) atoms. The van der Waals surface area contributed by atoms with Crippen LogP contribution in [-0.2, 0) is 14.3 Å². The van der Waals surface area contributed by atoms with Gasteiger partial charge in [0.05, 0.1) is 10.6 Å². The van der Waals surface area contributed by atoms with Gasteiger partial charge in [-0.05, 0) is 19.1 Å². The highest BCUT2D eigenvalue weighted by Crippen LogP contribution is 2.37. The van der Waals surface area contributed by atoms with Crippen molar-refractivity contribution in [2.45, 2.75) is 23.3 Å². The maximum absolute atomic E-state index is 12.3. The highest BCUT2D eigenvalue weighted by atomic mass is 32.2. The summed E-state index contributed by atoms with van der Waals surface area (Å²) in [5.41, 5.74) is 0.647. The van der Waals surface area contributed by atoms with Crippen molar-refractivity contribution in [3.63, 3.8) is 0 Å². The smallest absolute Gasteiger partial charge is 0.245 e. The molecule has 1 saturated heterocycles. The third-order valence-corrected chi connectivity index (χ3v) is 6.10. The van der Waals surface area contributed by atoms with E-state index in [9.17, 15) is 8.42 Å². The molecule has 0 aliphatic carbocycles. The topological polar surface area (TPSA) is 47.3 Å². The van der Waals surface area contributed by atoms with E-state index in [2.05, 4.69) is 0 Å². The first-order chi connectivity index (χ1) is 10.1. The zero-order valence-corrected chi connectivity index (χ0v) is 13.2. The first-order valence-corrected chi connectivity index (χ1v) is 9.09. The monoisotopic (exact) mass is 322 g/mol. The van der Waals surface area contributed by atoms with Gasteiger partial charge in [0.15, 0.2) is 17.8 Å². The Hall–Kier alpha value is -1.37. The Labute approximate surface area is 128 Å². The number of thioether (sulfide) groups is 1. The Balaban J connectivity index is 1.76. The van der Waals surface area contributed by atoms with Crippen molar-refractivity contribution < 1.29 is 17.2 Å². The lowest BCUT2D eigenvalue weighted by Gasteiger charge is -2.30. The number of nitrogens with zero attached hydrogens (tertiary/aromatic N) is 1. The van der Waals surface area contributed by atoms with Gasteiger partial charge in [0, 0.05) is 12.1 Å². The van der Waals surface area contributed by atoms with Gasteiger partial charge < -0.3 is 0 Å². The van der Waals surface area contributed by atoms with Crippen LogP contribution in [0.3, 0.4) is 0 Å². The zero-order valence-electron chi connectivity index (χ0n) is 11.5. The summed E-state index contributed by atoms with van der Waals surface area (Å²) >= 11 is 1.51. The minimum atomic E-state index is -3.71. The number of aromatic nitrogens is 1. The van der Waals surface area contributed by atoms with E-state index in [4.69, 9.17) is 4.18 Å². The summed E-state index contributed by atoms with van der Waals surface area (Å²) in [5, 5.41) is 0. The Morgan fingerprint density at radius 2 is 1.81 bits per heavy atom. The van der Waals surface area contributed by atoms with Crippen LogP contribution in [0.4, 0.5) is 0 Å². The van der Waals surface area contributed by atoms with Crippen LogP contribution in [0.2, 0.25) is 0 Å². The van der Waals surface area contributed by atoms with Crippen molar-refractivity contribution in [3.8, 4) is 0 Å². The van der Waals surface area contributed by atoms with E-state index in [1.165, 1.54) is 11.8 Å². The lowest BCUT2D eigenvalue weighted by Crippen LogP contribution is -2.52. The normalized spacial score (nSPS) is 21.8.